The summed E-state index contributed by atoms with van der Waals surface area (Å²) in [6.07, 6.45) is 4.26. The molecule has 3 N–H and O–H groups in total. The molecular weight excluding hydrogens is 302 g/mol. The molecular formula is C20H27NO3. The first-order valence-corrected chi connectivity index (χ1v) is 9.86. The summed E-state index contributed by atoms with van der Waals surface area (Å²) in [6.45, 7) is 7.56. The van der Waals surface area contributed by atoms with E-state index in [0.29, 0.717) is 18.4 Å². The molecule has 6 saturated carbocycles. The highest BCUT2D eigenvalue weighted by molar-refractivity contribution is 5.45. The molecule has 0 aromatic heterocycles. The first kappa shape index (κ1) is 13.7. The fourth-order valence-corrected chi connectivity index (χ4v) is 10.6. The maximum Gasteiger partial charge on any atom is 0.123 e. The van der Waals surface area contributed by atoms with E-state index in [-0.39, 0.29) is 40.1 Å². The second-order valence-electron chi connectivity index (χ2n) is 10.7. The minimum Gasteiger partial charge on any atom is -0.392 e. The van der Waals surface area contributed by atoms with Crippen LogP contribution >= 0.6 is 0 Å². The molecule has 130 valence electrons. The van der Waals surface area contributed by atoms with Crippen molar-refractivity contribution in [2.45, 2.75) is 63.0 Å². The Kier molecular flexibility index (Phi) is 1.88. The van der Waals surface area contributed by atoms with Gasteiger partial charge in [-0.2, -0.15) is 0 Å². The van der Waals surface area contributed by atoms with Crippen molar-refractivity contribution < 1.29 is 15.3 Å². The molecule has 9 aliphatic rings. The molecule has 12 atom stereocenters. The van der Waals surface area contributed by atoms with Gasteiger partial charge < -0.3 is 15.3 Å². The second kappa shape index (κ2) is 3.28. The molecule has 3 unspecified atom stereocenters. The van der Waals surface area contributed by atoms with Crippen LogP contribution in [0.2, 0.25) is 0 Å². The van der Waals surface area contributed by atoms with Crippen molar-refractivity contribution in [2.75, 3.05) is 6.54 Å². The standard InChI is InChI=1S/C20H27NO3/c1-9-10-6-11-14-18-5-3-4-17(2)8-21(14)20(24,16(17)18)7-19(11,15(9)23)13(18)12(10)22/h10-16,22-24H,1,3-8H2,2H3/t10-,11?,12+,13+,14?,15-,16-,17+,18+,19-,20-/m1/s1. The monoisotopic (exact) mass is 329 g/mol. The van der Waals surface area contributed by atoms with E-state index in [9.17, 15) is 15.3 Å². The number of nitrogens with zero attached hydrogens (tertiary/aromatic N) is 1. The number of aliphatic hydroxyl groups excluding tert-OH is 2. The third-order valence-corrected chi connectivity index (χ3v) is 10.4. The van der Waals surface area contributed by atoms with Crippen molar-refractivity contribution in [2.24, 2.45) is 39.9 Å². The Balaban J connectivity index is 1.57. The van der Waals surface area contributed by atoms with Crippen molar-refractivity contribution in [1.29, 1.82) is 0 Å². The van der Waals surface area contributed by atoms with Gasteiger partial charge in [-0.25, -0.2) is 0 Å². The smallest absolute Gasteiger partial charge is 0.123 e. The fourth-order valence-electron chi connectivity index (χ4n) is 10.6. The lowest BCUT2D eigenvalue weighted by atomic mass is 9.39. The molecule has 3 heterocycles. The lowest BCUT2D eigenvalue weighted by Gasteiger charge is -2.67. The molecule has 2 spiro atoms. The molecule has 0 amide bonds. The van der Waals surface area contributed by atoms with Crippen molar-refractivity contribution in [1.82, 2.24) is 4.90 Å². The first-order chi connectivity index (χ1) is 11.3. The van der Waals surface area contributed by atoms with E-state index in [1.165, 1.54) is 12.8 Å². The molecule has 0 radical (unpaired) electrons. The van der Waals surface area contributed by atoms with Crippen LogP contribution in [-0.4, -0.2) is 50.7 Å². The molecule has 6 aliphatic carbocycles. The van der Waals surface area contributed by atoms with Gasteiger partial charge in [-0.05, 0) is 48.0 Å². The summed E-state index contributed by atoms with van der Waals surface area (Å²) in [7, 11) is 0. The van der Waals surface area contributed by atoms with Gasteiger partial charge in [0.25, 0.3) is 0 Å². The molecule has 0 aromatic rings. The Bertz CT molecular complexity index is 724. The highest BCUT2D eigenvalue weighted by Gasteiger charge is 2.93. The number of rotatable bonds is 0. The molecule has 9 rings (SSSR count). The molecule has 4 nitrogen and oxygen atoms in total. The SMILES string of the molecule is C=C1[C@H]2CC3C4N5C[C@]6(C)CCC[C@]47[C@H]([C@H]2O)[C@]3(C[C@@]5(O)[C@H]67)[C@@H]1O. The molecule has 9 bridgehead atoms. The Labute approximate surface area is 142 Å². The van der Waals surface area contributed by atoms with Crippen molar-refractivity contribution in [3.8, 4) is 0 Å². The minimum absolute atomic E-state index is 0.0266. The minimum atomic E-state index is -0.752. The molecule has 0 aromatic carbocycles. The largest absolute Gasteiger partial charge is 0.392 e. The van der Waals surface area contributed by atoms with Gasteiger partial charge in [0.2, 0.25) is 0 Å². The van der Waals surface area contributed by atoms with E-state index in [1.54, 1.807) is 0 Å². The van der Waals surface area contributed by atoms with Crippen LogP contribution < -0.4 is 0 Å². The van der Waals surface area contributed by atoms with Gasteiger partial charge >= 0.3 is 0 Å². The van der Waals surface area contributed by atoms with Crippen molar-refractivity contribution in [3.05, 3.63) is 12.2 Å². The van der Waals surface area contributed by atoms with Gasteiger partial charge in [0, 0.05) is 35.8 Å². The molecule has 4 heteroatoms. The van der Waals surface area contributed by atoms with Crippen LogP contribution in [0.4, 0.5) is 0 Å². The van der Waals surface area contributed by atoms with Crippen LogP contribution in [0.5, 0.6) is 0 Å². The Morgan fingerprint density at radius 2 is 2.00 bits per heavy atom. The van der Waals surface area contributed by atoms with Crippen LogP contribution in [0.25, 0.3) is 0 Å². The number of hydrogen-bond acceptors (Lipinski definition) is 4. The summed E-state index contributed by atoms with van der Waals surface area (Å²) >= 11 is 0. The summed E-state index contributed by atoms with van der Waals surface area (Å²) in [5.41, 5.74) is -0.0153. The summed E-state index contributed by atoms with van der Waals surface area (Å²) in [5.74, 6) is 0.946. The average molecular weight is 329 g/mol. The average Bonchev–Trinajstić information content (AvgIpc) is 2.88. The fraction of sp³-hybridized carbons (Fsp3) is 0.900. The zero-order valence-corrected chi connectivity index (χ0v) is 14.3. The number of hydrogen-bond donors (Lipinski definition) is 3. The van der Waals surface area contributed by atoms with Crippen LogP contribution in [0.15, 0.2) is 12.2 Å². The van der Waals surface area contributed by atoms with Crippen LogP contribution in [0, 0.1) is 39.9 Å². The summed E-state index contributed by atoms with van der Waals surface area (Å²) in [6, 6.07) is 0.377. The number of aliphatic hydroxyl groups is 3. The topological polar surface area (TPSA) is 63.9 Å². The van der Waals surface area contributed by atoms with Crippen molar-refractivity contribution in [3.63, 3.8) is 0 Å². The second-order valence-corrected chi connectivity index (χ2v) is 10.7. The van der Waals surface area contributed by atoms with E-state index in [1.807, 2.05) is 0 Å². The summed E-state index contributed by atoms with van der Waals surface area (Å²) in [4.78, 5) is 2.45. The predicted molar refractivity (Wildman–Crippen MR) is 86.6 cm³/mol. The first-order valence-electron chi connectivity index (χ1n) is 9.86. The Morgan fingerprint density at radius 3 is 2.79 bits per heavy atom. The zero-order chi connectivity index (χ0) is 16.4. The molecule has 3 saturated heterocycles. The van der Waals surface area contributed by atoms with Gasteiger partial charge in [0.1, 0.15) is 5.72 Å². The van der Waals surface area contributed by atoms with E-state index in [2.05, 4.69) is 18.4 Å². The van der Waals surface area contributed by atoms with Gasteiger partial charge in [0.15, 0.2) is 0 Å². The van der Waals surface area contributed by atoms with E-state index in [0.717, 1.165) is 25.0 Å². The Morgan fingerprint density at radius 1 is 1.21 bits per heavy atom. The van der Waals surface area contributed by atoms with Crippen LogP contribution in [0.1, 0.15) is 39.0 Å². The lowest BCUT2D eigenvalue weighted by molar-refractivity contribution is -0.272. The van der Waals surface area contributed by atoms with E-state index >= 15 is 0 Å². The maximum absolute atomic E-state index is 11.9. The van der Waals surface area contributed by atoms with Crippen molar-refractivity contribution >= 4 is 0 Å². The predicted octanol–water partition coefficient (Wildman–Crippen LogP) is 1.11. The van der Waals surface area contributed by atoms with Gasteiger partial charge in [0.05, 0.1) is 12.2 Å². The van der Waals surface area contributed by atoms with E-state index < -0.39 is 11.8 Å². The van der Waals surface area contributed by atoms with E-state index in [4.69, 9.17) is 0 Å². The third-order valence-electron chi connectivity index (χ3n) is 10.4. The number of piperidine rings is 2. The Hall–Kier alpha value is -0.420. The quantitative estimate of drug-likeness (QED) is 0.583. The third kappa shape index (κ3) is 0.903. The molecule has 24 heavy (non-hydrogen) atoms. The maximum atomic E-state index is 11.9. The lowest BCUT2D eigenvalue weighted by Crippen LogP contribution is -2.71. The van der Waals surface area contributed by atoms with Gasteiger partial charge in [-0.1, -0.05) is 19.9 Å². The highest BCUT2D eigenvalue weighted by atomic mass is 16.3. The zero-order valence-electron chi connectivity index (χ0n) is 14.3. The normalized spacial score (nSPS) is 76.1. The van der Waals surface area contributed by atoms with Crippen LogP contribution in [0.3, 0.4) is 0 Å². The number of fused-ring (bicyclic) bond motifs is 1. The molecule has 3 aliphatic heterocycles. The molecule has 9 fully saturated rings. The summed E-state index contributed by atoms with van der Waals surface area (Å²) in [5, 5.41) is 34.4. The summed E-state index contributed by atoms with van der Waals surface area (Å²) < 4.78 is 0. The highest BCUT2D eigenvalue weighted by Crippen LogP contribution is 2.88. The van der Waals surface area contributed by atoms with Gasteiger partial charge in [-0.3, -0.25) is 4.90 Å². The van der Waals surface area contributed by atoms with Crippen LogP contribution in [-0.2, 0) is 0 Å². The van der Waals surface area contributed by atoms with Gasteiger partial charge in [-0.15, -0.1) is 0 Å².